The van der Waals surface area contributed by atoms with Crippen LogP contribution in [0.1, 0.15) is 16.7 Å². The first kappa shape index (κ1) is 33.8. The van der Waals surface area contributed by atoms with Crippen LogP contribution in [-0.4, -0.2) is 48.9 Å². The number of hydrogen-bond acceptors (Lipinski definition) is 4. The third-order valence-electron chi connectivity index (χ3n) is 6.33. The topological polar surface area (TPSA) is 50.7 Å². The first-order valence-corrected chi connectivity index (χ1v) is 12.0. The summed E-state index contributed by atoms with van der Waals surface area (Å²) in [5, 5.41) is 11.6. The second-order valence-electron chi connectivity index (χ2n) is 9.36. The van der Waals surface area contributed by atoms with E-state index >= 15 is 0 Å². The summed E-state index contributed by atoms with van der Waals surface area (Å²) < 4.78 is 166. The van der Waals surface area contributed by atoms with Crippen molar-refractivity contribution < 1.29 is 67.3 Å². The first-order valence-electron chi connectivity index (χ1n) is 12.0. The molecule has 0 spiro atoms. The molecule has 0 radical (unpaired) electrons. The molecule has 0 aliphatic carbocycles. The highest BCUT2D eigenvalue weighted by atomic mass is 19.4. The van der Waals surface area contributed by atoms with Gasteiger partial charge in [0.2, 0.25) is 0 Å². The van der Waals surface area contributed by atoms with Crippen molar-refractivity contribution in [3.8, 4) is 11.5 Å². The predicted octanol–water partition coefficient (Wildman–Crippen LogP) is 7.46. The molecule has 3 aromatic rings. The average molecular weight is 635 g/mol. The van der Waals surface area contributed by atoms with Gasteiger partial charge in [0.1, 0.15) is 11.5 Å². The van der Waals surface area contributed by atoms with Gasteiger partial charge in [-0.1, -0.05) is 54.6 Å². The third kappa shape index (κ3) is 8.46. The SMILES string of the molecule is OC(CNCC(Cc1ccccc1)(c1cccc(OC(F)(F)F)c1)c1cccc(OC(F)(F)F)c1)(C(F)(F)F)C(F)(F)F. The number of aliphatic hydroxyl groups is 1. The molecule has 0 unspecified atom stereocenters. The van der Waals surface area contributed by atoms with Gasteiger partial charge in [-0.15, -0.1) is 26.3 Å². The average Bonchev–Trinajstić information content (AvgIpc) is 2.85. The predicted molar refractivity (Wildman–Crippen MR) is 127 cm³/mol. The molecule has 16 heteroatoms. The number of halogens is 12. The molecule has 0 amide bonds. The molecule has 0 aromatic heterocycles. The first-order chi connectivity index (χ1) is 19.7. The lowest BCUT2D eigenvalue weighted by atomic mass is 9.70. The number of ether oxygens (including phenoxy) is 2. The van der Waals surface area contributed by atoms with Crippen LogP contribution in [0, 0.1) is 0 Å². The maximum Gasteiger partial charge on any atom is 0.573 e. The normalized spacial score (nSPS) is 13.6. The summed E-state index contributed by atoms with van der Waals surface area (Å²) in [5.74, 6) is -1.65. The zero-order valence-corrected chi connectivity index (χ0v) is 21.4. The molecule has 0 fully saturated rings. The van der Waals surface area contributed by atoms with E-state index in [0.717, 1.165) is 36.4 Å². The van der Waals surface area contributed by atoms with Crippen LogP contribution in [0.2, 0.25) is 0 Å². The van der Waals surface area contributed by atoms with Gasteiger partial charge in [-0.2, -0.15) is 26.3 Å². The van der Waals surface area contributed by atoms with Crippen LogP contribution >= 0.6 is 0 Å². The molecule has 0 heterocycles. The van der Waals surface area contributed by atoms with Crippen molar-refractivity contribution in [1.29, 1.82) is 0 Å². The molecule has 0 aliphatic rings. The van der Waals surface area contributed by atoms with E-state index in [1.807, 2.05) is 5.32 Å². The van der Waals surface area contributed by atoms with E-state index in [9.17, 15) is 57.8 Å². The van der Waals surface area contributed by atoms with Crippen LogP contribution in [0.4, 0.5) is 52.7 Å². The Hall–Kier alpha value is -3.66. The van der Waals surface area contributed by atoms with Crippen LogP contribution in [0.15, 0.2) is 78.9 Å². The molecular formula is C27H21F12NO3. The monoisotopic (exact) mass is 635 g/mol. The lowest BCUT2D eigenvalue weighted by Gasteiger charge is -2.38. The van der Waals surface area contributed by atoms with E-state index in [2.05, 4.69) is 9.47 Å². The van der Waals surface area contributed by atoms with Crippen molar-refractivity contribution >= 4 is 0 Å². The van der Waals surface area contributed by atoms with Crippen LogP contribution in [0.25, 0.3) is 0 Å². The fraction of sp³-hybridized carbons (Fsp3) is 0.333. The summed E-state index contributed by atoms with van der Waals surface area (Å²) in [7, 11) is 0. The molecular weight excluding hydrogens is 614 g/mol. The maximum absolute atomic E-state index is 13.4. The highest BCUT2D eigenvalue weighted by Gasteiger charge is 2.70. The highest BCUT2D eigenvalue weighted by molar-refractivity contribution is 5.47. The number of nitrogens with one attached hydrogen (secondary N) is 1. The molecule has 3 rings (SSSR count). The fourth-order valence-corrected chi connectivity index (χ4v) is 4.38. The van der Waals surface area contributed by atoms with E-state index in [-0.39, 0.29) is 17.5 Å². The van der Waals surface area contributed by atoms with Crippen LogP contribution in [-0.2, 0) is 11.8 Å². The Bertz CT molecular complexity index is 1280. The van der Waals surface area contributed by atoms with Gasteiger partial charge in [0.05, 0.1) is 0 Å². The summed E-state index contributed by atoms with van der Waals surface area (Å²) in [6.07, 6.45) is -23.2. The number of alkyl halides is 12. The Labute approximate surface area is 235 Å². The quantitative estimate of drug-likeness (QED) is 0.227. The van der Waals surface area contributed by atoms with Gasteiger partial charge < -0.3 is 19.9 Å². The van der Waals surface area contributed by atoms with E-state index in [1.54, 1.807) is 6.07 Å². The van der Waals surface area contributed by atoms with Crippen molar-refractivity contribution in [1.82, 2.24) is 5.32 Å². The fourth-order valence-electron chi connectivity index (χ4n) is 4.38. The summed E-state index contributed by atoms with van der Waals surface area (Å²) >= 11 is 0. The van der Waals surface area contributed by atoms with Crippen LogP contribution < -0.4 is 14.8 Å². The van der Waals surface area contributed by atoms with Gasteiger partial charge in [-0.25, -0.2) is 0 Å². The summed E-state index contributed by atoms with van der Waals surface area (Å²) in [6.45, 7) is -3.12. The zero-order valence-electron chi connectivity index (χ0n) is 21.4. The van der Waals surface area contributed by atoms with Gasteiger partial charge in [-0.3, -0.25) is 0 Å². The van der Waals surface area contributed by atoms with Crippen molar-refractivity contribution in [2.24, 2.45) is 0 Å². The van der Waals surface area contributed by atoms with E-state index in [1.165, 1.54) is 36.4 Å². The molecule has 0 bridgehead atoms. The zero-order chi connectivity index (χ0) is 32.3. The van der Waals surface area contributed by atoms with Crippen LogP contribution in [0.5, 0.6) is 11.5 Å². The Morgan fingerprint density at radius 2 is 1.00 bits per heavy atom. The Balaban J connectivity index is 2.24. The van der Waals surface area contributed by atoms with E-state index in [4.69, 9.17) is 0 Å². The van der Waals surface area contributed by atoms with Crippen molar-refractivity contribution in [2.45, 2.75) is 42.5 Å². The highest BCUT2D eigenvalue weighted by Crippen LogP contribution is 2.44. The largest absolute Gasteiger partial charge is 0.573 e. The smallest absolute Gasteiger partial charge is 0.406 e. The minimum atomic E-state index is -6.21. The molecule has 0 aliphatic heterocycles. The second kappa shape index (κ2) is 12.1. The second-order valence-corrected chi connectivity index (χ2v) is 9.36. The number of benzene rings is 3. The summed E-state index contributed by atoms with van der Waals surface area (Å²) in [4.78, 5) is 0. The molecule has 0 saturated carbocycles. The summed E-state index contributed by atoms with van der Waals surface area (Å²) in [6, 6.07) is 15.3. The standard InChI is InChI=1S/C27H21F12NO3/c28-24(29,30)23(41,25(31,32)33)16-40-15-22(14-17-6-2-1-3-7-17,18-8-4-10-20(12-18)42-26(34,35)36)19-9-5-11-21(13-19)43-27(37,38)39/h1-13,40-41H,14-16H2. The lowest BCUT2D eigenvalue weighted by Crippen LogP contribution is -2.63. The molecule has 236 valence electrons. The van der Waals surface area contributed by atoms with Crippen molar-refractivity contribution in [3.05, 3.63) is 95.6 Å². The van der Waals surface area contributed by atoms with Gasteiger partial charge in [0, 0.05) is 18.5 Å². The maximum atomic E-state index is 13.4. The third-order valence-corrected chi connectivity index (χ3v) is 6.33. The van der Waals surface area contributed by atoms with Gasteiger partial charge in [0.15, 0.2) is 0 Å². The Morgan fingerprint density at radius 1 is 0.558 bits per heavy atom. The van der Waals surface area contributed by atoms with Gasteiger partial charge >= 0.3 is 25.1 Å². The van der Waals surface area contributed by atoms with Crippen molar-refractivity contribution in [2.75, 3.05) is 13.1 Å². The van der Waals surface area contributed by atoms with Crippen molar-refractivity contribution in [3.63, 3.8) is 0 Å². The minimum Gasteiger partial charge on any atom is -0.406 e. The Morgan fingerprint density at radius 3 is 1.40 bits per heavy atom. The summed E-state index contributed by atoms with van der Waals surface area (Å²) in [5.41, 5.74) is -7.26. The molecule has 0 saturated heterocycles. The van der Waals surface area contributed by atoms with Gasteiger partial charge in [-0.05, 0) is 47.4 Å². The van der Waals surface area contributed by atoms with E-state index < -0.39 is 60.7 Å². The minimum absolute atomic E-state index is 0.197. The number of rotatable bonds is 10. The molecule has 2 N–H and O–H groups in total. The van der Waals surface area contributed by atoms with Gasteiger partial charge in [0.25, 0.3) is 5.60 Å². The molecule has 43 heavy (non-hydrogen) atoms. The van der Waals surface area contributed by atoms with Crippen LogP contribution in [0.3, 0.4) is 0 Å². The molecule has 0 atom stereocenters. The molecule has 4 nitrogen and oxygen atoms in total. The lowest BCUT2D eigenvalue weighted by molar-refractivity contribution is -0.365. The Kier molecular flexibility index (Phi) is 9.56. The van der Waals surface area contributed by atoms with E-state index in [0.29, 0.717) is 5.56 Å². The molecule has 3 aromatic carbocycles. The number of hydrogen-bond donors (Lipinski definition) is 2.